The number of rotatable bonds is 4. The minimum Gasteiger partial charge on any atom is -0.374 e. The molecule has 84 valence electrons. The van der Waals surface area contributed by atoms with Gasteiger partial charge in [-0.15, -0.1) is 0 Å². The van der Waals surface area contributed by atoms with Gasteiger partial charge in [-0.1, -0.05) is 0 Å². The molecule has 0 spiro atoms. The van der Waals surface area contributed by atoms with Gasteiger partial charge < -0.3 is 4.90 Å². The number of anilines is 1. The van der Waals surface area contributed by atoms with Crippen molar-refractivity contribution < 1.29 is 4.92 Å². The van der Waals surface area contributed by atoms with Crippen molar-refractivity contribution in [3.8, 4) is 6.07 Å². The van der Waals surface area contributed by atoms with Crippen LogP contribution in [0, 0.1) is 28.4 Å². The Balaban J connectivity index is 2.89. The highest BCUT2D eigenvalue weighted by Gasteiger charge is 2.11. The first-order valence-corrected chi connectivity index (χ1v) is 4.89. The summed E-state index contributed by atoms with van der Waals surface area (Å²) in [6.07, 6.45) is 0.437. The predicted molar refractivity (Wildman–Crippen MR) is 61.3 cm³/mol. The van der Waals surface area contributed by atoms with Crippen molar-refractivity contribution in [3.63, 3.8) is 0 Å². The second-order valence-corrected chi connectivity index (χ2v) is 3.56. The number of nitrogens with zero attached hydrogens (tertiary/aromatic N) is 3. The molecule has 0 N–H and O–H groups in total. The summed E-state index contributed by atoms with van der Waals surface area (Å²) in [4.78, 5) is 12.1. The molecular weight excluding hydrogens is 206 g/mol. The van der Waals surface area contributed by atoms with Gasteiger partial charge in [-0.05, 0) is 19.1 Å². The average Bonchev–Trinajstić information content (AvgIpc) is 2.25. The molecule has 0 saturated carbocycles. The topological polar surface area (TPSA) is 70.2 Å². The van der Waals surface area contributed by atoms with Crippen molar-refractivity contribution >= 4 is 11.4 Å². The molecule has 0 unspecified atom stereocenters. The van der Waals surface area contributed by atoms with E-state index in [2.05, 4.69) is 6.07 Å². The van der Waals surface area contributed by atoms with Gasteiger partial charge in [-0.2, -0.15) is 5.26 Å². The summed E-state index contributed by atoms with van der Waals surface area (Å²) in [5.41, 5.74) is 1.64. The molecule has 5 nitrogen and oxygen atoms in total. The van der Waals surface area contributed by atoms with Crippen LogP contribution in [0.3, 0.4) is 0 Å². The first kappa shape index (κ1) is 12.0. The van der Waals surface area contributed by atoms with Gasteiger partial charge in [0.25, 0.3) is 5.69 Å². The van der Waals surface area contributed by atoms with Crippen LogP contribution in [-0.2, 0) is 0 Å². The molecule has 0 aliphatic carbocycles. The minimum atomic E-state index is -0.394. The molecular formula is C11H13N3O2. The molecule has 0 fully saturated rings. The third-order valence-corrected chi connectivity index (χ3v) is 2.38. The van der Waals surface area contributed by atoms with E-state index in [0.29, 0.717) is 18.5 Å². The fraction of sp³-hybridized carbons (Fsp3) is 0.364. The lowest BCUT2D eigenvalue weighted by atomic mass is 10.1. The lowest BCUT2D eigenvalue weighted by Gasteiger charge is -2.17. The smallest absolute Gasteiger partial charge is 0.272 e. The van der Waals surface area contributed by atoms with Crippen LogP contribution in [0.4, 0.5) is 11.4 Å². The lowest BCUT2D eigenvalue weighted by molar-refractivity contribution is -0.385. The molecule has 0 heterocycles. The SMILES string of the molecule is Cc1cc(N(C)CCC#N)ccc1[N+](=O)[O-]. The first-order valence-electron chi connectivity index (χ1n) is 4.89. The third-order valence-electron chi connectivity index (χ3n) is 2.38. The zero-order chi connectivity index (χ0) is 12.1. The van der Waals surface area contributed by atoms with Crippen molar-refractivity contribution in [2.45, 2.75) is 13.3 Å². The van der Waals surface area contributed by atoms with E-state index in [-0.39, 0.29) is 5.69 Å². The molecule has 1 aromatic carbocycles. The van der Waals surface area contributed by atoms with Crippen LogP contribution in [0.2, 0.25) is 0 Å². The quantitative estimate of drug-likeness (QED) is 0.575. The maximum atomic E-state index is 10.6. The summed E-state index contributed by atoms with van der Waals surface area (Å²) in [5, 5.41) is 19.1. The monoisotopic (exact) mass is 219 g/mol. The molecule has 0 aliphatic heterocycles. The summed E-state index contributed by atoms with van der Waals surface area (Å²) in [6.45, 7) is 2.33. The third kappa shape index (κ3) is 2.70. The number of nitro groups is 1. The van der Waals surface area contributed by atoms with E-state index in [4.69, 9.17) is 5.26 Å². The number of hydrogen-bond acceptors (Lipinski definition) is 4. The molecule has 0 aliphatic rings. The van der Waals surface area contributed by atoms with Gasteiger partial charge in [0.15, 0.2) is 0 Å². The Kier molecular flexibility index (Phi) is 3.84. The van der Waals surface area contributed by atoms with Gasteiger partial charge >= 0.3 is 0 Å². The zero-order valence-electron chi connectivity index (χ0n) is 9.30. The van der Waals surface area contributed by atoms with Crippen LogP contribution in [0.15, 0.2) is 18.2 Å². The number of benzene rings is 1. The Labute approximate surface area is 94.1 Å². The average molecular weight is 219 g/mol. The summed E-state index contributed by atoms with van der Waals surface area (Å²) in [5.74, 6) is 0. The Morgan fingerprint density at radius 2 is 2.25 bits per heavy atom. The lowest BCUT2D eigenvalue weighted by Crippen LogP contribution is -2.18. The maximum absolute atomic E-state index is 10.6. The van der Waals surface area contributed by atoms with Gasteiger partial charge in [0.05, 0.1) is 17.4 Å². The largest absolute Gasteiger partial charge is 0.374 e. The van der Waals surface area contributed by atoms with Gasteiger partial charge in [-0.25, -0.2) is 0 Å². The van der Waals surface area contributed by atoms with Crippen molar-refractivity contribution in [1.29, 1.82) is 5.26 Å². The number of hydrogen-bond donors (Lipinski definition) is 0. The molecule has 0 bridgehead atoms. The molecule has 5 heteroatoms. The molecule has 0 saturated heterocycles. The number of aryl methyl sites for hydroxylation is 1. The molecule has 0 atom stereocenters. The Morgan fingerprint density at radius 1 is 1.56 bits per heavy atom. The fourth-order valence-corrected chi connectivity index (χ4v) is 1.43. The normalized spacial score (nSPS) is 9.56. The van der Waals surface area contributed by atoms with Gasteiger partial charge in [0, 0.05) is 30.9 Å². The second-order valence-electron chi connectivity index (χ2n) is 3.56. The van der Waals surface area contributed by atoms with E-state index in [1.807, 2.05) is 11.9 Å². The van der Waals surface area contributed by atoms with Crippen LogP contribution >= 0.6 is 0 Å². The van der Waals surface area contributed by atoms with Gasteiger partial charge in [0.2, 0.25) is 0 Å². The molecule has 0 aromatic heterocycles. The van der Waals surface area contributed by atoms with E-state index in [1.54, 1.807) is 19.1 Å². The molecule has 16 heavy (non-hydrogen) atoms. The van der Waals surface area contributed by atoms with Crippen molar-refractivity contribution in [2.75, 3.05) is 18.5 Å². The van der Waals surface area contributed by atoms with Crippen LogP contribution < -0.4 is 4.90 Å². The highest BCUT2D eigenvalue weighted by Crippen LogP contribution is 2.23. The van der Waals surface area contributed by atoms with Gasteiger partial charge in [-0.3, -0.25) is 10.1 Å². The standard InChI is InChI=1S/C11H13N3O2/c1-9-8-10(13(2)7-3-6-12)4-5-11(9)14(15)16/h4-5,8H,3,7H2,1-2H3. The van der Waals surface area contributed by atoms with Crippen LogP contribution in [0.25, 0.3) is 0 Å². The van der Waals surface area contributed by atoms with Crippen LogP contribution in [0.1, 0.15) is 12.0 Å². The summed E-state index contributed by atoms with van der Waals surface area (Å²) >= 11 is 0. The van der Waals surface area contributed by atoms with Crippen LogP contribution in [0.5, 0.6) is 0 Å². The highest BCUT2D eigenvalue weighted by molar-refractivity contribution is 5.54. The Hall–Kier alpha value is -2.09. The summed E-state index contributed by atoms with van der Waals surface area (Å²) in [6, 6.07) is 7.01. The molecule has 1 aromatic rings. The summed E-state index contributed by atoms with van der Waals surface area (Å²) in [7, 11) is 1.86. The molecule has 0 amide bonds. The Bertz CT molecular complexity index is 437. The van der Waals surface area contributed by atoms with Crippen molar-refractivity contribution in [3.05, 3.63) is 33.9 Å². The number of nitro benzene ring substituents is 1. The van der Waals surface area contributed by atoms with E-state index in [1.165, 1.54) is 6.07 Å². The van der Waals surface area contributed by atoms with Crippen LogP contribution in [-0.4, -0.2) is 18.5 Å². The van der Waals surface area contributed by atoms with E-state index in [9.17, 15) is 10.1 Å². The molecule has 1 rings (SSSR count). The molecule has 0 radical (unpaired) electrons. The van der Waals surface area contributed by atoms with E-state index < -0.39 is 4.92 Å². The van der Waals surface area contributed by atoms with E-state index in [0.717, 1.165) is 5.69 Å². The van der Waals surface area contributed by atoms with E-state index >= 15 is 0 Å². The Morgan fingerprint density at radius 3 is 2.75 bits per heavy atom. The maximum Gasteiger partial charge on any atom is 0.272 e. The minimum absolute atomic E-state index is 0.123. The predicted octanol–water partition coefficient (Wildman–Crippen LogP) is 2.25. The summed E-state index contributed by atoms with van der Waals surface area (Å²) < 4.78 is 0. The zero-order valence-corrected chi connectivity index (χ0v) is 9.30. The van der Waals surface area contributed by atoms with Gasteiger partial charge in [0.1, 0.15) is 0 Å². The number of nitriles is 1. The first-order chi connectivity index (χ1) is 7.56. The van der Waals surface area contributed by atoms with Crippen molar-refractivity contribution in [1.82, 2.24) is 0 Å². The fourth-order valence-electron chi connectivity index (χ4n) is 1.43. The second kappa shape index (κ2) is 5.12. The van der Waals surface area contributed by atoms with Crippen molar-refractivity contribution in [2.24, 2.45) is 0 Å². The highest BCUT2D eigenvalue weighted by atomic mass is 16.6.